The molecule has 10 atom stereocenters. The molecular formula is C96H120N6Na2O18. The predicted molar refractivity (Wildman–Crippen MR) is 457 cm³/mol. The summed E-state index contributed by atoms with van der Waals surface area (Å²) in [4.78, 5) is 126. The zero-order valence-corrected chi connectivity index (χ0v) is 77.0. The Morgan fingerprint density at radius 2 is 0.689 bits per heavy atom. The Morgan fingerprint density at radius 1 is 0.385 bits per heavy atom. The maximum absolute atomic E-state index is 13.5. The normalized spacial score (nSPS) is 16.3. The molecule has 8 aromatic rings. The number of nitrogens with one attached hydrogen (secondary N) is 2. The first-order valence-electron chi connectivity index (χ1n) is 40.4. The minimum Gasteiger partial charge on any atom is -0.870 e. The van der Waals surface area contributed by atoms with Crippen LogP contribution in [0.15, 0.2) is 218 Å². The van der Waals surface area contributed by atoms with Gasteiger partial charge < -0.3 is 71.2 Å². The number of methoxy groups -OCH3 is 4. The summed E-state index contributed by atoms with van der Waals surface area (Å²) in [5.41, 5.74) is 18.7. The molecule has 8 N–H and O–H groups in total. The zero-order valence-electron chi connectivity index (χ0n) is 73.0. The van der Waals surface area contributed by atoms with Gasteiger partial charge in [0.05, 0.1) is 34.4 Å². The van der Waals surface area contributed by atoms with Crippen molar-refractivity contribution >= 4 is 59.4 Å². The quantitative estimate of drug-likeness (QED) is 0.0262. The minimum atomic E-state index is -0.940. The van der Waals surface area contributed by atoms with Crippen molar-refractivity contribution < 1.29 is 147 Å². The molecule has 4 aliphatic heterocycles. The molecule has 4 heterocycles. The number of esters is 4. The van der Waals surface area contributed by atoms with Crippen LogP contribution < -0.4 is 75.5 Å². The number of amides is 4. The average Bonchev–Trinajstić information content (AvgIpc) is 0.801. The fourth-order valence-corrected chi connectivity index (χ4v) is 14.7. The summed E-state index contributed by atoms with van der Waals surface area (Å²) in [7, 11) is 5.46. The van der Waals surface area contributed by atoms with Crippen LogP contribution in [0, 0.1) is 35.5 Å². The third kappa shape index (κ3) is 33.2. The van der Waals surface area contributed by atoms with Crippen molar-refractivity contribution in [2.45, 2.75) is 182 Å². The molecule has 122 heavy (non-hydrogen) atoms. The van der Waals surface area contributed by atoms with Gasteiger partial charge in [0.1, 0.15) is 36.3 Å². The second-order valence-corrected chi connectivity index (χ2v) is 31.3. The minimum absolute atomic E-state index is 0. The number of aliphatic carboxylic acids is 2. The molecule has 0 saturated carbocycles. The van der Waals surface area contributed by atoms with E-state index in [1.165, 1.54) is 44.5 Å². The van der Waals surface area contributed by atoms with Crippen LogP contribution in [0.3, 0.4) is 0 Å². The van der Waals surface area contributed by atoms with Crippen LogP contribution in [0.4, 0.5) is 0 Å². The number of hydrogen-bond acceptors (Lipinski definition) is 18. The Kier molecular flexibility index (Phi) is 47.8. The second kappa shape index (κ2) is 54.7. The maximum atomic E-state index is 13.5. The van der Waals surface area contributed by atoms with Crippen molar-refractivity contribution in [1.29, 1.82) is 0 Å². The van der Waals surface area contributed by atoms with E-state index in [-0.39, 0.29) is 147 Å². The van der Waals surface area contributed by atoms with E-state index >= 15 is 0 Å². The van der Waals surface area contributed by atoms with Gasteiger partial charge in [0.25, 0.3) is 0 Å². The molecule has 26 heteroatoms. The van der Waals surface area contributed by atoms with Gasteiger partial charge in [-0.05, 0) is 124 Å². The van der Waals surface area contributed by atoms with Gasteiger partial charge in [0.2, 0.25) is 23.6 Å². The number of hydrogen-bond donors (Lipinski definition) is 5. The van der Waals surface area contributed by atoms with Crippen LogP contribution >= 0.6 is 0 Å². The third-order valence-electron chi connectivity index (χ3n) is 21.2. The molecule has 4 aliphatic rings. The van der Waals surface area contributed by atoms with Gasteiger partial charge in [-0.3, -0.25) is 33.6 Å². The summed E-state index contributed by atoms with van der Waals surface area (Å²) in [6.45, 7) is 17.4. The predicted octanol–water partition coefficient (Wildman–Crippen LogP) is 6.43. The number of nitrogens with zero attached hydrogens (tertiary/aromatic N) is 3. The summed E-state index contributed by atoms with van der Waals surface area (Å²) in [6, 6.07) is 67.7. The van der Waals surface area contributed by atoms with Crippen molar-refractivity contribution in [3.05, 3.63) is 285 Å². The molecule has 12 rings (SSSR count). The summed E-state index contributed by atoms with van der Waals surface area (Å²) in [5.74, 6) is -3.87. The van der Waals surface area contributed by atoms with Crippen molar-refractivity contribution in [2.24, 2.45) is 41.2 Å². The molecule has 0 bridgehead atoms. The van der Waals surface area contributed by atoms with Crippen molar-refractivity contribution in [1.82, 2.24) is 25.3 Å². The smallest absolute Gasteiger partial charge is 0.870 e. The number of carbonyl (C=O) groups excluding carboxylic acids is 8. The van der Waals surface area contributed by atoms with E-state index in [1.54, 1.807) is 16.7 Å². The van der Waals surface area contributed by atoms with Crippen LogP contribution in [-0.4, -0.2) is 160 Å². The van der Waals surface area contributed by atoms with Crippen LogP contribution in [-0.2, 0) is 144 Å². The Hall–Kier alpha value is -9.70. The van der Waals surface area contributed by atoms with Gasteiger partial charge in [-0.2, -0.15) is 0 Å². The fraction of sp³-hybridized carbons (Fsp3) is 0.396. The second-order valence-electron chi connectivity index (χ2n) is 31.3. The van der Waals surface area contributed by atoms with Crippen molar-refractivity contribution in [3.8, 4) is 0 Å². The van der Waals surface area contributed by atoms with Gasteiger partial charge in [0, 0.05) is 63.2 Å². The van der Waals surface area contributed by atoms with E-state index in [0.29, 0.717) is 83.3 Å². The first-order chi connectivity index (χ1) is 56.5. The van der Waals surface area contributed by atoms with Crippen LogP contribution in [0.5, 0.6) is 0 Å². The molecule has 0 fully saturated rings. The van der Waals surface area contributed by atoms with Gasteiger partial charge in [0.15, 0.2) is 0 Å². The average molecular weight is 1690 g/mol. The first kappa shape index (κ1) is 106. The van der Waals surface area contributed by atoms with E-state index in [9.17, 15) is 53.1 Å². The number of carboxylic acids is 2. The Labute approximate surface area is 763 Å². The summed E-state index contributed by atoms with van der Waals surface area (Å²) >= 11 is 0. The molecule has 0 unspecified atom stereocenters. The number of carboxylic acid groups (broad SMARTS) is 2. The van der Waals surface area contributed by atoms with Gasteiger partial charge in [-0.15, -0.1) is 0 Å². The van der Waals surface area contributed by atoms with E-state index < -0.39 is 48.1 Å². The van der Waals surface area contributed by atoms with Crippen LogP contribution in [0.2, 0.25) is 0 Å². The maximum Gasteiger partial charge on any atom is 1.00 e. The largest absolute Gasteiger partial charge is 1.00 e. The van der Waals surface area contributed by atoms with Gasteiger partial charge in [-0.1, -0.05) is 274 Å². The monoisotopic (exact) mass is 1690 g/mol. The Morgan fingerprint density at radius 3 is 1.02 bits per heavy atom. The van der Waals surface area contributed by atoms with Crippen LogP contribution in [0.25, 0.3) is 0 Å². The molecule has 8 aromatic carbocycles. The number of benzene rings is 8. The number of carbonyl (C=O) groups is 10. The fourth-order valence-electron chi connectivity index (χ4n) is 14.7. The van der Waals surface area contributed by atoms with E-state index in [2.05, 4.69) is 27.5 Å². The number of nitrogens with two attached hydrogens (primary N) is 1. The van der Waals surface area contributed by atoms with Crippen molar-refractivity contribution in [2.75, 3.05) is 28.4 Å². The molecule has 0 saturated heterocycles. The van der Waals surface area contributed by atoms with Gasteiger partial charge in [-0.25, -0.2) is 14.4 Å². The van der Waals surface area contributed by atoms with Crippen LogP contribution in [0.1, 0.15) is 135 Å². The standard InChI is InChI=1S/C27H34N2O4.C21H23NO3.C20H21NO3.C11H13NO2.C10H12O2.C7H15NO2.2Na.2H2O/c1-18(2)14-23(27(32)33-4)28-25(30)24-16-21-12-8-9-13-22(21)17-29(24)26(31)19(3)15-20-10-6-5-7-11-20;1-15(12-16-8-4-3-5-9-16)20(23)22-14-18-11-7-6-10-17(18)13-19(22)21(24)25-2;1-14(11-15-7-3-2-4-8-15)19(22)21-13-17-10-6-5-9-16(17)12-18(21)20(23)24;1-14-11(13)10-6-8-4-2-3-5-9(8)7-12-10;1-8(10(11)12)7-9-5-3-2-4-6-9;1-5(2)4-6(8)7(9)10-3;;;;/h5-13,18-19,23-24H,14-17H2,1-4H3,(H,28,30);3-11,15,19H,12-14H2,1-2H3;2-10,14,18H,11-13H2,1H3,(H,23,24);2-5,10,12H,6-7H2,1H3;2-6,8H,7H2,1H3,(H,11,12);5-6H,4,8H2,1-3H3;;;2*1H2/q;;;;;;2*+1;;/p-2/t19-,23+,24+;15-,19+;14-,18+;10-;8-;6-;;;;/m111011..../s1. The summed E-state index contributed by atoms with van der Waals surface area (Å²) in [6.07, 6.45) is 5.66. The van der Waals surface area contributed by atoms with Crippen molar-refractivity contribution in [3.63, 3.8) is 0 Å². The van der Waals surface area contributed by atoms with E-state index in [1.807, 2.05) is 255 Å². The summed E-state index contributed by atoms with van der Waals surface area (Å²) in [5, 5.41) is 24.2. The zero-order chi connectivity index (χ0) is 86.0. The molecule has 0 spiro atoms. The molecule has 4 amide bonds. The molecule has 0 radical (unpaired) electrons. The van der Waals surface area contributed by atoms with E-state index in [0.717, 1.165) is 68.6 Å². The SMILES string of the molecule is COC(=O)[C@@H]1Cc2ccccc2CN1.COC(=O)[C@@H]1Cc2ccccc2CN1C(=O)[C@H](C)Cc1ccccc1.COC(=O)[C@H](CC(C)C)NC(=O)[C@@H]1Cc2ccccc2CN1C(=O)[C@H](C)Cc1ccccc1.COC(=O)[C@H](N)CC(C)C.C[C@H](Cc1ccccc1)C(=O)N1Cc2ccccc2C[C@H]1C(=O)O.C[C@H](Cc1ccccc1)C(=O)O.[Na+].[Na+].[OH-].[OH-]. The number of rotatable bonds is 23. The molecule has 24 nitrogen and oxygen atoms in total. The number of ether oxygens (including phenoxy) is 4. The first-order valence-corrected chi connectivity index (χ1v) is 40.4. The third-order valence-corrected chi connectivity index (χ3v) is 21.2. The molecular weight excluding hydrogens is 1570 g/mol. The van der Waals surface area contributed by atoms with Gasteiger partial charge >= 0.3 is 94.9 Å². The molecule has 0 aliphatic carbocycles. The Balaban J connectivity index is 0.000000392. The molecule has 0 aromatic heterocycles. The number of fused-ring (bicyclic) bond motifs is 4. The summed E-state index contributed by atoms with van der Waals surface area (Å²) < 4.78 is 19.0. The Bertz CT molecular complexity index is 4580. The molecule has 644 valence electrons. The topological polar surface area (TPSA) is 368 Å². The van der Waals surface area contributed by atoms with E-state index in [4.69, 9.17) is 25.1 Å².